The smallest absolute Gasteiger partial charge is 0.228 e. The largest absolute Gasteiger partial charge is 0.455 e. The summed E-state index contributed by atoms with van der Waals surface area (Å²) in [5.41, 5.74) is 12.2. The minimum Gasteiger partial charge on any atom is -0.455 e. The third kappa shape index (κ3) is 4.96. The van der Waals surface area contributed by atoms with Gasteiger partial charge in [0.25, 0.3) is 0 Å². The quantitative estimate of drug-likeness (QED) is 0.179. The first-order valence-electron chi connectivity index (χ1n) is 17.1. The number of hydrogen-bond acceptors (Lipinski definition) is 4. The number of benzene rings is 8. The number of rotatable bonds is 6. The zero-order valence-electron chi connectivity index (χ0n) is 27.5. The van der Waals surface area contributed by atoms with Gasteiger partial charge in [0.1, 0.15) is 16.7 Å². The summed E-state index contributed by atoms with van der Waals surface area (Å²) < 4.78 is 12.8. The van der Waals surface area contributed by atoms with Crippen LogP contribution in [0.2, 0.25) is 0 Å². The van der Waals surface area contributed by atoms with Gasteiger partial charge in [-0.1, -0.05) is 115 Å². The van der Waals surface area contributed by atoms with E-state index in [0.717, 1.165) is 77.6 Å². The Morgan fingerprint density at radius 3 is 1.73 bits per heavy atom. The fourth-order valence-corrected chi connectivity index (χ4v) is 7.31. The van der Waals surface area contributed by atoms with Crippen molar-refractivity contribution in [3.8, 4) is 33.7 Å². The van der Waals surface area contributed by atoms with Crippen LogP contribution in [0.1, 0.15) is 0 Å². The number of aromatic nitrogens is 1. The highest BCUT2D eigenvalue weighted by atomic mass is 16.3. The van der Waals surface area contributed by atoms with E-state index in [4.69, 9.17) is 13.8 Å². The van der Waals surface area contributed by atoms with Gasteiger partial charge in [-0.25, -0.2) is 4.98 Å². The van der Waals surface area contributed by atoms with Gasteiger partial charge >= 0.3 is 0 Å². The van der Waals surface area contributed by atoms with Gasteiger partial charge in [-0.15, -0.1) is 0 Å². The third-order valence-corrected chi connectivity index (χ3v) is 9.73. The van der Waals surface area contributed by atoms with Crippen LogP contribution in [0.5, 0.6) is 0 Å². The highest BCUT2D eigenvalue weighted by Crippen LogP contribution is 2.42. The lowest BCUT2D eigenvalue weighted by Gasteiger charge is -2.26. The molecule has 8 aromatic carbocycles. The van der Waals surface area contributed by atoms with Crippen LogP contribution < -0.4 is 4.90 Å². The molecule has 0 spiro atoms. The van der Waals surface area contributed by atoms with E-state index in [1.807, 2.05) is 42.5 Å². The average molecular weight is 655 g/mol. The van der Waals surface area contributed by atoms with E-state index in [-0.39, 0.29) is 0 Å². The van der Waals surface area contributed by atoms with Crippen molar-refractivity contribution in [1.29, 1.82) is 0 Å². The molecular formula is C47H30N2O2. The van der Waals surface area contributed by atoms with Crippen LogP contribution in [0, 0.1) is 0 Å². The lowest BCUT2D eigenvalue weighted by molar-refractivity contribution is 0.620. The van der Waals surface area contributed by atoms with Crippen LogP contribution in [-0.4, -0.2) is 4.98 Å². The lowest BCUT2D eigenvalue weighted by atomic mass is 9.96. The Balaban J connectivity index is 1.05. The van der Waals surface area contributed by atoms with Gasteiger partial charge in [0.05, 0.1) is 0 Å². The average Bonchev–Trinajstić information content (AvgIpc) is 3.82. The number of anilines is 3. The normalized spacial score (nSPS) is 11.5. The highest BCUT2D eigenvalue weighted by Gasteiger charge is 2.19. The molecule has 240 valence electrons. The number of hydrogen-bond donors (Lipinski definition) is 0. The second-order valence-corrected chi connectivity index (χ2v) is 12.7. The van der Waals surface area contributed by atoms with Crippen molar-refractivity contribution < 1.29 is 8.83 Å². The monoisotopic (exact) mass is 654 g/mol. The number of furan rings is 1. The molecular weight excluding hydrogens is 625 g/mol. The van der Waals surface area contributed by atoms with Crippen molar-refractivity contribution in [3.05, 3.63) is 182 Å². The molecule has 0 aliphatic heterocycles. The van der Waals surface area contributed by atoms with Gasteiger partial charge in [0, 0.05) is 38.8 Å². The molecule has 0 N–H and O–H groups in total. The maximum absolute atomic E-state index is 6.60. The van der Waals surface area contributed by atoms with Crippen molar-refractivity contribution in [3.63, 3.8) is 0 Å². The van der Waals surface area contributed by atoms with Gasteiger partial charge < -0.3 is 13.7 Å². The van der Waals surface area contributed by atoms with E-state index in [2.05, 4.69) is 144 Å². The minimum absolute atomic E-state index is 0.593. The SMILES string of the molecule is c1ccc(-c2ccc(N(c3ccccc3)c3ccc(-c4cccc5c4ccc4c5oc5cccc(-c6nc7ccccc7o6)c54)cc3)cc2)cc1. The summed E-state index contributed by atoms with van der Waals surface area (Å²) in [6.45, 7) is 0. The van der Waals surface area contributed by atoms with Crippen molar-refractivity contribution in [1.82, 2.24) is 4.98 Å². The summed E-state index contributed by atoms with van der Waals surface area (Å²) in [5, 5.41) is 4.25. The molecule has 4 nitrogen and oxygen atoms in total. The maximum atomic E-state index is 6.60. The molecule has 0 fully saturated rings. The first-order valence-corrected chi connectivity index (χ1v) is 17.1. The van der Waals surface area contributed by atoms with E-state index in [1.54, 1.807) is 0 Å². The zero-order valence-corrected chi connectivity index (χ0v) is 27.5. The van der Waals surface area contributed by atoms with Crippen molar-refractivity contribution in [2.45, 2.75) is 0 Å². The molecule has 0 aliphatic rings. The number of oxazole rings is 1. The second kappa shape index (κ2) is 11.9. The van der Waals surface area contributed by atoms with Crippen LogP contribution in [0.15, 0.2) is 191 Å². The van der Waals surface area contributed by atoms with Gasteiger partial charge in [0.15, 0.2) is 5.58 Å². The Morgan fingerprint density at radius 1 is 0.373 bits per heavy atom. The summed E-state index contributed by atoms with van der Waals surface area (Å²) in [5.74, 6) is 0.593. The molecule has 0 unspecified atom stereocenters. The van der Waals surface area contributed by atoms with E-state index in [1.165, 1.54) is 11.1 Å². The summed E-state index contributed by atoms with van der Waals surface area (Å²) >= 11 is 0. The Morgan fingerprint density at radius 2 is 0.961 bits per heavy atom. The second-order valence-electron chi connectivity index (χ2n) is 12.7. The van der Waals surface area contributed by atoms with Crippen molar-refractivity contribution in [2.24, 2.45) is 0 Å². The predicted molar refractivity (Wildman–Crippen MR) is 210 cm³/mol. The topological polar surface area (TPSA) is 42.4 Å². The standard InChI is InChI=1S/C47H30N2O2/c1-3-11-31(12-4-1)32-21-25-35(26-22-32)49(34-13-5-2-6-14-34)36-27-23-33(24-28-36)37-15-9-16-39-38(37)29-30-40-45-41(17-10-20-44(45)50-46(39)40)47-48-42-18-7-8-19-43(42)51-47/h1-30H. The lowest BCUT2D eigenvalue weighted by Crippen LogP contribution is -2.09. The van der Waals surface area contributed by atoms with Crippen molar-refractivity contribution >= 4 is 60.9 Å². The van der Waals surface area contributed by atoms with E-state index < -0.39 is 0 Å². The fourth-order valence-electron chi connectivity index (χ4n) is 7.31. The molecule has 0 aliphatic carbocycles. The molecule has 10 rings (SSSR count). The van der Waals surface area contributed by atoms with Crippen LogP contribution in [0.25, 0.3) is 77.5 Å². The molecule has 2 heterocycles. The first-order chi connectivity index (χ1) is 25.3. The van der Waals surface area contributed by atoms with E-state index in [9.17, 15) is 0 Å². The number of fused-ring (bicyclic) bond motifs is 6. The fraction of sp³-hybridized carbons (Fsp3) is 0. The summed E-state index contributed by atoms with van der Waals surface area (Å²) in [7, 11) is 0. The molecule has 0 atom stereocenters. The van der Waals surface area contributed by atoms with Gasteiger partial charge in [-0.05, 0) is 94.4 Å². The molecule has 2 aromatic heterocycles. The van der Waals surface area contributed by atoms with E-state index in [0.29, 0.717) is 5.89 Å². The van der Waals surface area contributed by atoms with Gasteiger partial charge in [-0.2, -0.15) is 0 Å². The molecule has 0 amide bonds. The summed E-state index contributed by atoms with van der Waals surface area (Å²) in [4.78, 5) is 7.10. The Labute approximate surface area is 294 Å². The number of para-hydroxylation sites is 3. The highest BCUT2D eigenvalue weighted by molar-refractivity contribution is 6.20. The summed E-state index contributed by atoms with van der Waals surface area (Å²) in [6, 6.07) is 63.4. The van der Waals surface area contributed by atoms with Crippen LogP contribution in [0.4, 0.5) is 17.1 Å². The molecule has 0 radical (unpaired) electrons. The van der Waals surface area contributed by atoms with Crippen LogP contribution >= 0.6 is 0 Å². The molecule has 51 heavy (non-hydrogen) atoms. The third-order valence-electron chi connectivity index (χ3n) is 9.73. The molecule has 4 heteroatoms. The Hall–Kier alpha value is -6.91. The van der Waals surface area contributed by atoms with Crippen LogP contribution in [0.3, 0.4) is 0 Å². The van der Waals surface area contributed by atoms with E-state index >= 15 is 0 Å². The molecule has 10 aromatic rings. The molecule has 0 bridgehead atoms. The van der Waals surface area contributed by atoms with Crippen molar-refractivity contribution in [2.75, 3.05) is 4.90 Å². The minimum atomic E-state index is 0.593. The first kappa shape index (κ1) is 29.0. The Bertz CT molecular complexity index is 2800. The van der Waals surface area contributed by atoms with Gasteiger partial charge in [0.2, 0.25) is 5.89 Å². The zero-order chi connectivity index (χ0) is 33.7. The Kier molecular flexibility index (Phi) is 6.78. The summed E-state index contributed by atoms with van der Waals surface area (Å²) in [6.07, 6.45) is 0. The van der Waals surface area contributed by atoms with Crippen LogP contribution in [-0.2, 0) is 0 Å². The number of nitrogens with zero attached hydrogens (tertiary/aromatic N) is 2. The molecule has 0 saturated carbocycles. The molecule has 0 saturated heterocycles. The van der Waals surface area contributed by atoms with Gasteiger partial charge in [-0.3, -0.25) is 0 Å². The maximum Gasteiger partial charge on any atom is 0.228 e. The predicted octanol–water partition coefficient (Wildman–Crippen LogP) is 13.4.